The molecule has 1 N–H and O–H groups in total. The number of carbonyl (C=O) groups is 2. The molecule has 0 spiro atoms. The Kier molecular flexibility index (Phi) is 7.07. The van der Waals surface area contributed by atoms with Gasteiger partial charge in [0.2, 0.25) is 11.7 Å². The van der Waals surface area contributed by atoms with Gasteiger partial charge in [0, 0.05) is 24.1 Å². The van der Waals surface area contributed by atoms with Crippen LogP contribution >= 0.6 is 0 Å². The van der Waals surface area contributed by atoms with E-state index in [9.17, 15) is 9.59 Å². The number of aryl methyl sites for hydroxylation is 2. The lowest BCUT2D eigenvalue weighted by Crippen LogP contribution is -2.47. The highest BCUT2D eigenvalue weighted by Crippen LogP contribution is 2.30. The van der Waals surface area contributed by atoms with E-state index in [1.807, 2.05) is 44.2 Å². The van der Waals surface area contributed by atoms with Gasteiger partial charge < -0.3 is 9.73 Å². The van der Waals surface area contributed by atoms with Gasteiger partial charge in [0.1, 0.15) is 18.3 Å². The molecule has 37 heavy (non-hydrogen) atoms. The molecule has 0 bridgehead atoms. The van der Waals surface area contributed by atoms with Crippen LogP contribution in [0.1, 0.15) is 48.6 Å². The van der Waals surface area contributed by atoms with Crippen LogP contribution in [0.4, 0.5) is 5.69 Å². The van der Waals surface area contributed by atoms with Gasteiger partial charge in [-0.1, -0.05) is 25.0 Å². The van der Waals surface area contributed by atoms with Gasteiger partial charge in [-0.25, -0.2) is 0 Å². The summed E-state index contributed by atoms with van der Waals surface area (Å²) in [6, 6.07) is 13.8. The fourth-order valence-corrected chi connectivity index (χ4v) is 4.69. The summed E-state index contributed by atoms with van der Waals surface area (Å²) in [5.41, 5.74) is 2.24. The number of amides is 2. The summed E-state index contributed by atoms with van der Waals surface area (Å²) in [6.45, 7) is 3.56. The smallest absolute Gasteiger partial charge is 0.251 e. The Bertz CT molecular complexity index is 1380. The van der Waals surface area contributed by atoms with Crippen LogP contribution in [0, 0.1) is 13.8 Å². The van der Waals surface area contributed by atoms with Gasteiger partial charge in [-0.15, -0.1) is 10.2 Å². The van der Waals surface area contributed by atoms with Crippen LogP contribution in [0.2, 0.25) is 0 Å². The molecule has 3 heterocycles. The highest BCUT2D eigenvalue weighted by atomic mass is 16.3. The maximum atomic E-state index is 13.9. The Labute approximate surface area is 214 Å². The molecule has 3 aromatic heterocycles. The third-order valence-corrected chi connectivity index (χ3v) is 6.47. The lowest BCUT2D eigenvalue weighted by atomic mass is 10.0. The van der Waals surface area contributed by atoms with Crippen molar-refractivity contribution in [2.45, 2.75) is 58.2 Å². The van der Waals surface area contributed by atoms with Crippen LogP contribution in [0.15, 0.2) is 65.3 Å². The van der Waals surface area contributed by atoms with Gasteiger partial charge in [-0.2, -0.15) is 4.80 Å². The van der Waals surface area contributed by atoms with E-state index in [2.05, 4.69) is 25.7 Å². The summed E-state index contributed by atoms with van der Waals surface area (Å²) in [6.07, 6.45) is 7.29. The average molecular weight is 500 g/mol. The van der Waals surface area contributed by atoms with E-state index in [-0.39, 0.29) is 30.2 Å². The van der Waals surface area contributed by atoms with Crippen molar-refractivity contribution >= 4 is 17.5 Å². The monoisotopic (exact) mass is 499 g/mol. The van der Waals surface area contributed by atoms with Crippen molar-refractivity contribution in [1.82, 2.24) is 30.5 Å². The number of hydrogen-bond acceptors (Lipinski definition) is 7. The standard InChI is InChI=1S/C27H29N7O3/c1-18-6-5-9-22(16-18)34(24(35)17-33-31-26(30-32-33)23-11-10-19(2)37-23)25(20-12-14-28-15-13-20)27(36)29-21-7-3-4-8-21/h5-6,9-16,21,25H,3-4,7-8,17H2,1-2H3,(H,29,36)/t25-/m1/s1. The van der Waals surface area contributed by atoms with E-state index < -0.39 is 6.04 Å². The molecule has 5 rings (SSSR count). The molecule has 0 saturated heterocycles. The molecule has 0 unspecified atom stereocenters. The first kappa shape index (κ1) is 24.4. The number of hydrogen-bond donors (Lipinski definition) is 1. The summed E-state index contributed by atoms with van der Waals surface area (Å²) in [7, 11) is 0. The minimum absolute atomic E-state index is 0.0996. The first-order valence-electron chi connectivity index (χ1n) is 12.4. The van der Waals surface area contributed by atoms with Gasteiger partial charge >= 0.3 is 0 Å². The van der Waals surface area contributed by atoms with Crippen LogP contribution in [-0.4, -0.2) is 43.0 Å². The second kappa shape index (κ2) is 10.7. The summed E-state index contributed by atoms with van der Waals surface area (Å²) in [5, 5.41) is 15.6. The van der Waals surface area contributed by atoms with Crippen molar-refractivity contribution in [3.05, 3.63) is 77.8 Å². The molecule has 1 atom stereocenters. The van der Waals surface area contributed by atoms with E-state index in [0.29, 0.717) is 17.0 Å². The third kappa shape index (κ3) is 5.58. The average Bonchev–Trinajstić information content (AvgIpc) is 3.66. The Hall–Kier alpha value is -4.34. The van der Waals surface area contributed by atoms with Gasteiger partial charge in [0.15, 0.2) is 5.76 Å². The Morgan fingerprint density at radius 3 is 2.59 bits per heavy atom. The molecular weight excluding hydrogens is 470 g/mol. The number of pyridine rings is 1. The minimum Gasteiger partial charge on any atom is -0.458 e. The highest BCUT2D eigenvalue weighted by molar-refractivity contribution is 6.01. The quantitative estimate of drug-likeness (QED) is 0.392. The van der Waals surface area contributed by atoms with Crippen molar-refractivity contribution in [2.75, 3.05) is 4.90 Å². The van der Waals surface area contributed by atoms with E-state index in [4.69, 9.17) is 4.42 Å². The SMILES string of the molecule is Cc1cccc(N(C(=O)Cn2nnc(-c3ccc(C)o3)n2)[C@@H](C(=O)NC2CCCC2)c2ccncc2)c1. The fourth-order valence-electron chi connectivity index (χ4n) is 4.69. The molecule has 10 heteroatoms. The molecule has 1 saturated carbocycles. The lowest BCUT2D eigenvalue weighted by molar-refractivity contribution is -0.127. The number of rotatable bonds is 8. The van der Waals surface area contributed by atoms with Gasteiger partial charge in [0.05, 0.1) is 0 Å². The zero-order valence-corrected chi connectivity index (χ0v) is 20.9. The largest absolute Gasteiger partial charge is 0.458 e. The summed E-state index contributed by atoms with van der Waals surface area (Å²) in [4.78, 5) is 34.5. The van der Waals surface area contributed by atoms with E-state index in [0.717, 1.165) is 37.0 Å². The topological polar surface area (TPSA) is 119 Å². The number of anilines is 1. The van der Waals surface area contributed by atoms with Crippen LogP contribution in [0.3, 0.4) is 0 Å². The third-order valence-electron chi connectivity index (χ3n) is 6.47. The lowest BCUT2D eigenvalue weighted by Gasteiger charge is -2.32. The predicted octanol–water partition coefficient (Wildman–Crippen LogP) is 3.78. The Morgan fingerprint density at radius 1 is 1.11 bits per heavy atom. The van der Waals surface area contributed by atoms with Crippen molar-refractivity contribution in [2.24, 2.45) is 0 Å². The number of nitrogens with zero attached hydrogens (tertiary/aromatic N) is 6. The summed E-state index contributed by atoms with van der Waals surface area (Å²) >= 11 is 0. The van der Waals surface area contributed by atoms with Crippen LogP contribution < -0.4 is 10.2 Å². The van der Waals surface area contributed by atoms with Crippen LogP contribution in [0.25, 0.3) is 11.6 Å². The first-order chi connectivity index (χ1) is 18.0. The molecule has 1 aliphatic rings. The molecule has 4 aromatic rings. The molecule has 0 radical (unpaired) electrons. The molecular formula is C27H29N7O3. The summed E-state index contributed by atoms with van der Waals surface area (Å²) in [5.74, 6) is 0.895. The fraction of sp³-hybridized carbons (Fsp3) is 0.333. The number of nitrogens with one attached hydrogen (secondary N) is 1. The minimum atomic E-state index is -0.895. The summed E-state index contributed by atoms with van der Waals surface area (Å²) < 4.78 is 5.58. The molecule has 10 nitrogen and oxygen atoms in total. The number of benzene rings is 1. The maximum Gasteiger partial charge on any atom is 0.251 e. The molecule has 1 fully saturated rings. The van der Waals surface area contributed by atoms with Gasteiger partial charge in [-0.05, 0) is 79.4 Å². The number of furan rings is 1. The molecule has 0 aliphatic heterocycles. The second-order valence-corrected chi connectivity index (χ2v) is 9.33. The van der Waals surface area contributed by atoms with Gasteiger partial charge in [-0.3, -0.25) is 19.5 Å². The zero-order valence-electron chi connectivity index (χ0n) is 20.9. The van der Waals surface area contributed by atoms with Crippen LogP contribution in [0.5, 0.6) is 0 Å². The van der Waals surface area contributed by atoms with E-state index >= 15 is 0 Å². The normalized spacial score (nSPS) is 14.4. The molecule has 1 aliphatic carbocycles. The predicted molar refractivity (Wildman–Crippen MR) is 136 cm³/mol. The Balaban J connectivity index is 1.49. The maximum absolute atomic E-state index is 13.9. The molecule has 1 aromatic carbocycles. The number of aromatic nitrogens is 5. The van der Waals surface area contributed by atoms with Crippen LogP contribution in [-0.2, 0) is 16.1 Å². The molecule has 190 valence electrons. The first-order valence-corrected chi connectivity index (χ1v) is 12.4. The van der Waals surface area contributed by atoms with Crippen molar-refractivity contribution in [3.8, 4) is 11.6 Å². The Morgan fingerprint density at radius 2 is 1.89 bits per heavy atom. The number of tetrazole rings is 1. The number of carbonyl (C=O) groups excluding carboxylic acids is 2. The van der Waals surface area contributed by atoms with E-state index in [1.54, 1.807) is 30.6 Å². The second-order valence-electron chi connectivity index (χ2n) is 9.33. The molecule has 2 amide bonds. The van der Waals surface area contributed by atoms with E-state index in [1.165, 1.54) is 9.70 Å². The van der Waals surface area contributed by atoms with Gasteiger partial charge in [0.25, 0.3) is 5.91 Å². The van der Waals surface area contributed by atoms with Crippen molar-refractivity contribution < 1.29 is 14.0 Å². The zero-order chi connectivity index (χ0) is 25.8. The highest BCUT2D eigenvalue weighted by Gasteiger charge is 2.34. The van der Waals surface area contributed by atoms with Crippen molar-refractivity contribution in [1.29, 1.82) is 0 Å². The van der Waals surface area contributed by atoms with Crippen molar-refractivity contribution in [3.63, 3.8) is 0 Å².